The van der Waals surface area contributed by atoms with E-state index in [0.717, 1.165) is 38.5 Å². The molecule has 1 saturated carbocycles. The van der Waals surface area contributed by atoms with Gasteiger partial charge in [0.25, 0.3) is 0 Å². The summed E-state index contributed by atoms with van der Waals surface area (Å²) in [6.45, 7) is 16.5. The maximum absolute atomic E-state index is 10.5. The normalized spacial score (nSPS) is 11.7. The third kappa shape index (κ3) is 58.7. The molecule has 15 heteroatoms. The molecule has 0 spiro atoms. The minimum atomic E-state index is -1.88. The number of unbranched alkanes of at least 4 members (excludes halogenated alkanes) is 3. The third-order valence-corrected chi connectivity index (χ3v) is 5.33. The Labute approximate surface area is 261 Å². The van der Waals surface area contributed by atoms with Crippen LogP contribution in [-0.2, 0) is 81.7 Å². The van der Waals surface area contributed by atoms with Gasteiger partial charge < -0.3 is 0 Å². The molecule has 0 bridgehead atoms. The Hall–Kier alpha value is 0.150. The van der Waals surface area contributed by atoms with Gasteiger partial charge in [-0.2, -0.15) is 0 Å². The van der Waals surface area contributed by atoms with Crippen LogP contribution in [0.3, 0.4) is 0 Å². The van der Waals surface area contributed by atoms with Crippen LogP contribution in [0.4, 0.5) is 0 Å². The molecule has 1 aliphatic carbocycles. The van der Waals surface area contributed by atoms with Crippen molar-refractivity contribution in [1.82, 2.24) is 0 Å². The zero-order valence-corrected chi connectivity index (χ0v) is 28.1. The summed E-state index contributed by atoms with van der Waals surface area (Å²) in [5.41, 5.74) is 0. The number of hydrogen-bond acceptors (Lipinski definition) is 9. The fraction of sp³-hybridized carbons (Fsp3) is 0.500. The maximum atomic E-state index is 10.5. The van der Waals surface area contributed by atoms with Crippen molar-refractivity contribution in [1.29, 1.82) is 0 Å². The van der Waals surface area contributed by atoms with Gasteiger partial charge in [0, 0.05) is 50.0 Å². The fourth-order valence-electron chi connectivity index (χ4n) is 1.58. The van der Waals surface area contributed by atoms with E-state index in [-0.39, 0.29) is 36.3 Å². The molecule has 3 unspecified atom stereocenters. The van der Waals surface area contributed by atoms with E-state index in [4.69, 9.17) is 18.2 Å². The van der Waals surface area contributed by atoms with E-state index in [2.05, 4.69) is 40.0 Å². The molecule has 0 heterocycles. The first-order valence-electron chi connectivity index (χ1n) is 11.1. The largest absolute Gasteiger partial charge is 0.0312 e. The SMILES string of the molecule is C=CCCCO[P+](=O)OC.C=CCCCO[P+](=O)OC.C=CCCCO[P+](=O)OC.[C-]#[O+].[CH]1[CH][CH][CH][CH]1.[Co].[Rh]. The summed E-state index contributed by atoms with van der Waals surface area (Å²) in [7, 11) is -1.58. The molecular weight excluding hydrogens is 703 g/mol. The van der Waals surface area contributed by atoms with Crippen LogP contribution < -0.4 is 0 Å². The number of hydrogen-bond donors (Lipinski definition) is 0. The van der Waals surface area contributed by atoms with E-state index in [1.807, 2.05) is 32.1 Å². The molecule has 39 heavy (non-hydrogen) atoms. The number of rotatable bonds is 18. The Morgan fingerprint density at radius 2 is 0.821 bits per heavy atom. The molecule has 1 rings (SSSR count). The second kappa shape index (κ2) is 50.9. The Morgan fingerprint density at radius 3 is 0.974 bits per heavy atom. The first-order chi connectivity index (χ1) is 17.9. The maximum Gasteiger partial charge on any atom is 0 e. The summed E-state index contributed by atoms with van der Waals surface area (Å²) in [6, 6.07) is 0. The predicted molar refractivity (Wildman–Crippen MR) is 145 cm³/mol. The molecule has 3 atom stereocenters. The Kier molecular flexibility index (Phi) is 67.7. The van der Waals surface area contributed by atoms with Crippen molar-refractivity contribution in [3.63, 3.8) is 0 Å². The van der Waals surface area contributed by atoms with Gasteiger partial charge in [0.2, 0.25) is 0 Å². The third-order valence-electron chi connectivity index (χ3n) is 3.25. The molecule has 1 fully saturated rings. The van der Waals surface area contributed by atoms with Gasteiger partial charge in [0.15, 0.2) is 0 Å². The van der Waals surface area contributed by atoms with Crippen molar-refractivity contribution in [3.05, 3.63) is 76.7 Å². The van der Waals surface area contributed by atoms with Gasteiger partial charge in [-0.25, -0.2) is 0 Å². The minimum absolute atomic E-state index is 0. The molecule has 0 aromatic heterocycles. The molecule has 7 radical (unpaired) electrons. The second-order valence-corrected chi connectivity index (χ2v) is 9.18. The first-order valence-corrected chi connectivity index (χ1v) is 14.3. The van der Waals surface area contributed by atoms with E-state index >= 15 is 0 Å². The Bertz CT molecular complexity index is 522. The van der Waals surface area contributed by atoms with Crippen molar-refractivity contribution in [2.75, 3.05) is 41.2 Å². The van der Waals surface area contributed by atoms with Gasteiger partial charge in [-0.1, -0.05) is 18.2 Å². The molecule has 0 N–H and O–H groups in total. The summed E-state index contributed by atoms with van der Waals surface area (Å²) in [6.07, 6.45) is 20.6. The molecule has 227 valence electrons. The second-order valence-electron chi connectivity index (χ2n) is 5.97. The summed E-state index contributed by atoms with van der Waals surface area (Å²) >= 11 is 0. The summed E-state index contributed by atoms with van der Waals surface area (Å²) in [5, 5.41) is 0. The van der Waals surface area contributed by atoms with Crippen LogP contribution >= 0.6 is 24.8 Å². The van der Waals surface area contributed by atoms with E-state index in [9.17, 15) is 13.7 Å². The monoisotopic (exact) mass is 744 g/mol. The molecular formula is C24H41CoO10P3Rh+3. The van der Waals surface area contributed by atoms with Gasteiger partial charge in [-0.15, -0.1) is 46.9 Å². The van der Waals surface area contributed by atoms with E-state index < -0.39 is 24.8 Å². The molecule has 1 aliphatic rings. The van der Waals surface area contributed by atoms with Crippen molar-refractivity contribution in [2.24, 2.45) is 0 Å². The molecule has 10 nitrogen and oxygen atoms in total. The Morgan fingerprint density at radius 1 is 0.615 bits per heavy atom. The van der Waals surface area contributed by atoms with Crippen molar-refractivity contribution in [3.8, 4) is 0 Å². The van der Waals surface area contributed by atoms with Gasteiger partial charge in [0.1, 0.15) is 19.8 Å². The summed E-state index contributed by atoms with van der Waals surface area (Å²) in [5.74, 6) is 0. The van der Waals surface area contributed by atoms with Crippen LogP contribution in [0.2, 0.25) is 0 Å². The van der Waals surface area contributed by atoms with Crippen molar-refractivity contribution >= 4 is 24.8 Å². The Balaban J connectivity index is -0.0000000912. The zero-order chi connectivity index (χ0) is 29.0. The van der Waals surface area contributed by atoms with Crippen LogP contribution in [0, 0.1) is 38.8 Å². The minimum Gasteiger partial charge on any atom is -0.0312 e. The molecule has 0 aromatic carbocycles. The van der Waals surface area contributed by atoms with Gasteiger partial charge in [0.05, 0.1) is 21.3 Å². The van der Waals surface area contributed by atoms with Crippen molar-refractivity contribution < 1.29 is 81.7 Å². The van der Waals surface area contributed by atoms with Crippen LogP contribution in [0.5, 0.6) is 0 Å². The standard InChI is InChI=1S/3C6H12O3P.C5H5.CO.Co.Rh/c3*1-3-4-5-6-9-10(7)8-2;1-2-4-5-3-1;1-2;;/h3*3H,1,4-6H2,2H3;1-5H;;;/q3*+1;;;;. The van der Waals surface area contributed by atoms with Crippen LogP contribution in [0.15, 0.2) is 38.0 Å². The van der Waals surface area contributed by atoms with E-state index in [0.29, 0.717) is 19.8 Å². The fourth-order valence-corrected chi connectivity index (χ4v) is 2.73. The zero-order valence-electron chi connectivity index (χ0n) is 22.7. The van der Waals surface area contributed by atoms with Crippen molar-refractivity contribution in [2.45, 2.75) is 38.5 Å². The van der Waals surface area contributed by atoms with Gasteiger partial charge in [-0.05, 0) is 70.6 Å². The predicted octanol–water partition coefficient (Wildman–Crippen LogP) is 7.80. The first kappa shape index (κ1) is 51.9. The molecule has 0 saturated heterocycles. The molecule has 0 aliphatic heterocycles. The van der Waals surface area contributed by atoms with E-state index in [1.165, 1.54) is 21.3 Å². The van der Waals surface area contributed by atoms with E-state index in [1.54, 1.807) is 18.2 Å². The van der Waals surface area contributed by atoms with Crippen LogP contribution in [0.1, 0.15) is 38.5 Å². The smallest absolute Gasteiger partial charge is 0 e. The summed E-state index contributed by atoms with van der Waals surface area (Å²) < 4.78 is 66.2. The van der Waals surface area contributed by atoms with Gasteiger partial charge in [-0.3, -0.25) is 0 Å². The number of allylic oxidation sites excluding steroid dienone is 3. The average molecular weight is 744 g/mol. The van der Waals surface area contributed by atoms with Crippen LogP contribution in [-0.4, -0.2) is 41.2 Å². The molecule has 0 aromatic rings. The average Bonchev–Trinajstić information content (AvgIpc) is 3.53. The summed E-state index contributed by atoms with van der Waals surface area (Å²) in [4.78, 5) is 0. The molecule has 0 amide bonds. The van der Waals surface area contributed by atoms with Gasteiger partial charge >= 0.3 is 36.1 Å². The van der Waals surface area contributed by atoms with Crippen LogP contribution in [0.25, 0.3) is 0 Å². The quantitative estimate of drug-likeness (QED) is 0.0345. The topological polar surface area (TPSA) is 126 Å².